The van der Waals surface area contributed by atoms with Gasteiger partial charge in [0.1, 0.15) is 5.82 Å². The largest absolute Gasteiger partial charge is 0.302 e. The molecule has 1 aromatic carbocycles. The van der Waals surface area contributed by atoms with Gasteiger partial charge in [0.05, 0.1) is 5.75 Å². The zero-order valence-corrected chi connectivity index (χ0v) is 14.5. The van der Waals surface area contributed by atoms with Crippen molar-refractivity contribution in [2.75, 3.05) is 5.75 Å². The van der Waals surface area contributed by atoms with Gasteiger partial charge in [0.25, 0.3) is 0 Å². The van der Waals surface area contributed by atoms with Gasteiger partial charge in [-0.3, -0.25) is 4.79 Å². The van der Waals surface area contributed by atoms with Gasteiger partial charge in [0.2, 0.25) is 0 Å². The van der Waals surface area contributed by atoms with Gasteiger partial charge in [0.15, 0.2) is 10.9 Å². The summed E-state index contributed by atoms with van der Waals surface area (Å²) in [7, 11) is 0. The van der Waals surface area contributed by atoms with E-state index in [0.717, 1.165) is 29.4 Å². The summed E-state index contributed by atoms with van der Waals surface area (Å²) >= 11 is 1.48. The van der Waals surface area contributed by atoms with E-state index in [9.17, 15) is 4.79 Å². The number of rotatable bonds is 7. The molecule has 0 amide bonds. The van der Waals surface area contributed by atoms with E-state index in [4.69, 9.17) is 0 Å². The molecule has 0 bridgehead atoms. The number of aryl methyl sites for hydroxylation is 2. The Hall–Kier alpha value is -1.88. The van der Waals surface area contributed by atoms with Crippen LogP contribution >= 0.6 is 11.8 Å². The van der Waals surface area contributed by atoms with Crippen LogP contribution in [0, 0.1) is 0 Å². The van der Waals surface area contributed by atoms with Crippen LogP contribution in [0.1, 0.15) is 52.5 Å². The maximum Gasteiger partial charge on any atom is 0.191 e. The smallest absolute Gasteiger partial charge is 0.191 e. The van der Waals surface area contributed by atoms with Crippen molar-refractivity contribution in [1.29, 1.82) is 0 Å². The molecule has 1 aromatic heterocycles. The average molecular weight is 339 g/mol. The van der Waals surface area contributed by atoms with E-state index in [1.807, 2.05) is 12.1 Å². The number of aromatic nitrogens is 3. The number of fused-ring (bicyclic) bond motifs is 1. The Kier molecular flexibility index (Phi) is 4.27. The lowest BCUT2D eigenvalue weighted by Gasteiger charge is -2.07. The molecule has 0 spiro atoms. The lowest BCUT2D eigenvalue weighted by molar-refractivity contribution is 0.102. The summed E-state index contributed by atoms with van der Waals surface area (Å²) in [5.41, 5.74) is 3.57. The molecule has 4 rings (SSSR count). The second-order valence-electron chi connectivity index (χ2n) is 6.56. The lowest BCUT2D eigenvalue weighted by atomic mass is 10.0. The maximum atomic E-state index is 12.5. The van der Waals surface area contributed by atoms with Crippen LogP contribution in [-0.2, 0) is 19.4 Å². The van der Waals surface area contributed by atoms with E-state index in [0.29, 0.717) is 18.2 Å². The molecular weight excluding hydrogens is 318 g/mol. The summed E-state index contributed by atoms with van der Waals surface area (Å²) < 4.78 is 2.10. The third-order valence-corrected chi connectivity index (χ3v) is 5.72. The minimum atomic E-state index is 0.163. The van der Waals surface area contributed by atoms with E-state index in [2.05, 4.69) is 33.5 Å². The zero-order valence-electron chi connectivity index (χ0n) is 13.7. The normalized spacial score (nSPS) is 16.2. The summed E-state index contributed by atoms with van der Waals surface area (Å²) in [4.78, 5) is 12.5. The minimum absolute atomic E-state index is 0.163. The minimum Gasteiger partial charge on any atom is -0.302 e. The first-order valence-electron chi connectivity index (χ1n) is 8.58. The van der Waals surface area contributed by atoms with E-state index in [1.54, 1.807) is 0 Å². The van der Waals surface area contributed by atoms with Crippen molar-refractivity contribution in [2.45, 2.75) is 49.7 Å². The van der Waals surface area contributed by atoms with Gasteiger partial charge in [0, 0.05) is 18.0 Å². The lowest BCUT2D eigenvalue weighted by Crippen LogP contribution is -2.06. The Morgan fingerprint density at radius 1 is 1.29 bits per heavy atom. The predicted octanol–water partition coefficient (Wildman–Crippen LogP) is 3.81. The van der Waals surface area contributed by atoms with Gasteiger partial charge >= 0.3 is 0 Å². The van der Waals surface area contributed by atoms with Crippen LogP contribution in [0.2, 0.25) is 0 Å². The number of hydrogen-bond donors (Lipinski definition) is 0. The number of nitrogens with zero attached hydrogens (tertiary/aromatic N) is 3. The number of benzene rings is 1. The number of thioether (sulfide) groups is 1. The molecule has 2 aromatic rings. The zero-order chi connectivity index (χ0) is 16.5. The van der Waals surface area contributed by atoms with E-state index < -0.39 is 0 Å². The van der Waals surface area contributed by atoms with Crippen molar-refractivity contribution in [3.05, 3.63) is 53.4 Å². The Bertz CT molecular complexity index is 792. The van der Waals surface area contributed by atoms with E-state index in [-0.39, 0.29) is 5.78 Å². The molecular formula is C19H21N3OS. The molecule has 0 aliphatic heterocycles. The topological polar surface area (TPSA) is 47.8 Å². The highest BCUT2D eigenvalue weighted by atomic mass is 32.2. The number of Topliss-reactive ketones (excluding diaryl/α,β-unsaturated/α-hetero) is 1. The van der Waals surface area contributed by atoms with Crippen molar-refractivity contribution in [2.24, 2.45) is 0 Å². The molecule has 124 valence electrons. The standard InChI is InChI=1S/C19H21N3OS/c1-2-10-22-18(14-7-8-14)20-21-19(22)24-12-17(23)16-9-6-13-4-3-5-15(13)11-16/h2,6,9,11,14H,1,3-5,7-8,10,12H2. The van der Waals surface area contributed by atoms with Crippen molar-refractivity contribution in [3.63, 3.8) is 0 Å². The van der Waals surface area contributed by atoms with Crippen molar-refractivity contribution >= 4 is 17.5 Å². The molecule has 2 aliphatic carbocycles. The van der Waals surface area contributed by atoms with Crippen molar-refractivity contribution in [3.8, 4) is 0 Å². The summed E-state index contributed by atoms with van der Waals surface area (Å²) in [5, 5.41) is 9.45. The highest BCUT2D eigenvalue weighted by Crippen LogP contribution is 2.40. The number of allylic oxidation sites excluding steroid dienone is 1. The third-order valence-electron chi connectivity index (χ3n) is 4.75. The number of ketones is 1. The Morgan fingerprint density at radius 3 is 2.92 bits per heavy atom. The van der Waals surface area contributed by atoms with Gasteiger partial charge in [-0.15, -0.1) is 16.8 Å². The van der Waals surface area contributed by atoms with Crippen LogP contribution in [-0.4, -0.2) is 26.3 Å². The first-order valence-corrected chi connectivity index (χ1v) is 9.56. The van der Waals surface area contributed by atoms with Crippen molar-refractivity contribution in [1.82, 2.24) is 14.8 Å². The quantitative estimate of drug-likeness (QED) is 0.437. The predicted molar refractivity (Wildman–Crippen MR) is 95.7 cm³/mol. The molecule has 0 radical (unpaired) electrons. The maximum absolute atomic E-state index is 12.5. The Morgan fingerprint density at radius 2 is 2.12 bits per heavy atom. The highest BCUT2D eigenvalue weighted by Gasteiger charge is 2.30. The summed E-state index contributed by atoms with van der Waals surface area (Å²) in [6, 6.07) is 6.16. The number of carbonyl (C=O) groups is 1. The van der Waals surface area contributed by atoms with Crippen LogP contribution < -0.4 is 0 Å². The fraction of sp³-hybridized carbons (Fsp3) is 0.421. The Labute approximate surface area is 146 Å². The van der Waals surface area contributed by atoms with Gasteiger partial charge < -0.3 is 4.57 Å². The molecule has 0 N–H and O–H groups in total. The fourth-order valence-electron chi connectivity index (χ4n) is 3.31. The van der Waals surface area contributed by atoms with Crippen LogP contribution in [0.5, 0.6) is 0 Å². The molecule has 2 aliphatic rings. The van der Waals surface area contributed by atoms with Crippen molar-refractivity contribution < 1.29 is 4.79 Å². The highest BCUT2D eigenvalue weighted by molar-refractivity contribution is 7.99. The molecule has 24 heavy (non-hydrogen) atoms. The molecule has 0 atom stereocenters. The first kappa shape index (κ1) is 15.6. The number of carbonyl (C=O) groups excluding carboxylic acids is 1. The Balaban J connectivity index is 1.46. The van der Waals surface area contributed by atoms with Gasteiger partial charge in [-0.05, 0) is 49.3 Å². The van der Waals surface area contributed by atoms with Crippen LogP contribution in [0.4, 0.5) is 0 Å². The van der Waals surface area contributed by atoms with Gasteiger partial charge in [-0.25, -0.2) is 0 Å². The molecule has 0 unspecified atom stereocenters. The fourth-order valence-corrected chi connectivity index (χ4v) is 4.16. The SMILES string of the molecule is C=CCn1c(SCC(=O)c2ccc3c(c2)CCC3)nnc1C1CC1. The molecule has 4 nitrogen and oxygen atoms in total. The summed E-state index contributed by atoms with van der Waals surface area (Å²) in [6.07, 6.45) is 7.69. The second kappa shape index (κ2) is 6.55. The summed E-state index contributed by atoms with van der Waals surface area (Å²) in [5.74, 6) is 2.15. The first-order chi connectivity index (χ1) is 11.8. The monoisotopic (exact) mass is 339 g/mol. The molecule has 0 saturated heterocycles. The molecule has 1 heterocycles. The number of hydrogen-bond acceptors (Lipinski definition) is 4. The van der Waals surface area contributed by atoms with E-state index >= 15 is 0 Å². The van der Waals surface area contributed by atoms with E-state index in [1.165, 1.54) is 42.2 Å². The summed E-state index contributed by atoms with van der Waals surface area (Å²) in [6.45, 7) is 4.52. The second-order valence-corrected chi connectivity index (χ2v) is 7.51. The van der Waals surface area contributed by atoms with Gasteiger partial charge in [-0.1, -0.05) is 30.0 Å². The van der Waals surface area contributed by atoms with Crippen LogP contribution in [0.3, 0.4) is 0 Å². The molecule has 1 fully saturated rings. The van der Waals surface area contributed by atoms with Crippen LogP contribution in [0.15, 0.2) is 36.0 Å². The third kappa shape index (κ3) is 3.05. The van der Waals surface area contributed by atoms with Gasteiger partial charge in [-0.2, -0.15) is 0 Å². The molecule has 1 saturated carbocycles. The van der Waals surface area contributed by atoms with Crippen LogP contribution in [0.25, 0.3) is 0 Å². The molecule has 5 heteroatoms. The average Bonchev–Trinajstić information content (AvgIpc) is 3.19.